The van der Waals surface area contributed by atoms with Gasteiger partial charge in [0.05, 0.1) is 10.6 Å². The molecule has 2 amide bonds. The number of halogens is 3. The number of rotatable bonds is 10. The van der Waals surface area contributed by atoms with Crippen LogP contribution >= 0.6 is 34.8 Å². The molecule has 0 spiro atoms. The molecule has 3 rings (SSSR count). The fourth-order valence-electron chi connectivity index (χ4n) is 3.82. The van der Waals surface area contributed by atoms with Crippen molar-refractivity contribution in [3.05, 3.63) is 93.4 Å². The van der Waals surface area contributed by atoms with Gasteiger partial charge in [-0.3, -0.25) is 13.9 Å². The lowest BCUT2D eigenvalue weighted by Gasteiger charge is -2.33. The summed E-state index contributed by atoms with van der Waals surface area (Å²) in [7, 11) is -2.71. The van der Waals surface area contributed by atoms with Crippen molar-refractivity contribution in [2.45, 2.75) is 30.8 Å². The summed E-state index contributed by atoms with van der Waals surface area (Å²) in [6.07, 6.45) is 0.274. The van der Waals surface area contributed by atoms with Crippen LogP contribution in [0.2, 0.25) is 15.1 Å². The molecule has 3 aromatic rings. The number of carbonyl (C=O) groups excluding carboxylic acids is 2. The van der Waals surface area contributed by atoms with Crippen molar-refractivity contribution in [2.75, 3.05) is 17.9 Å². The SMILES string of the molecule is CC[C@@H](C(=O)NC)N(Cc1c(Cl)cccc1Cl)C(=O)CN(c1cccc(Cl)c1)S(=O)(=O)c1ccccc1. The molecule has 0 aliphatic carbocycles. The van der Waals surface area contributed by atoms with Gasteiger partial charge in [-0.2, -0.15) is 0 Å². The molecule has 0 saturated heterocycles. The van der Waals surface area contributed by atoms with Gasteiger partial charge in [-0.05, 0) is 48.9 Å². The van der Waals surface area contributed by atoms with Crippen molar-refractivity contribution in [2.24, 2.45) is 0 Å². The summed E-state index contributed by atoms with van der Waals surface area (Å²) in [4.78, 5) is 27.9. The topological polar surface area (TPSA) is 86.8 Å². The first kappa shape index (κ1) is 28.8. The summed E-state index contributed by atoms with van der Waals surface area (Å²) in [6.45, 7) is 1.06. The Morgan fingerprint density at radius 3 is 2.11 bits per heavy atom. The van der Waals surface area contributed by atoms with Gasteiger partial charge in [-0.25, -0.2) is 8.42 Å². The quantitative estimate of drug-likeness (QED) is 0.347. The molecule has 1 atom stereocenters. The van der Waals surface area contributed by atoms with Crippen LogP contribution in [0.3, 0.4) is 0 Å². The van der Waals surface area contributed by atoms with E-state index in [0.29, 0.717) is 20.6 Å². The van der Waals surface area contributed by atoms with Crippen LogP contribution in [-0.4, -0.2) is 44.8 Å². The summed E-state index contributed by atoms with van der Waals surface area (Å²) in [6, 6.07) is 18.0. The highest BCUT2D eigenvalue weighted by molar-refractivity contribution is 7.92. The van der Waals surface area contributed by atoms with Crippen LogP contribution in [-0.2, 0) is 26.2 Å². The molecule has 7 nitrogen and oxygen atoms in total. The number of hydrogen-bond donors (Lipinski definition) is 1. The number of benzene rings is 3. The van der Waals surface area contributed by atoms with E-state index in [1.165, 1.54) is 30.1 Å². The summed E-state index contributed by atoms with van der Waals surface area (Å²) in [5.74, 6) is -1.02. The van der Waals surface area contributed by atoms with Gasteiger partial charge in [0.1, 0.15) is 12.6 Å². The van der Waals surface area contributed by atoms with Gasteiger partial charge in [0, 0.05) is 34.2 Å². The second kappa shape index (κ2) is 12.6. The van der Waals surface area contributed by atoms with E-state index in [-0.39, 0.29) is 23.5 Å². The molecule has 0 aromatic heterocycles. The number of nitrogens with one attached hydrogen (secondary N) is 1. The molecule has 37 heavy (non-hydrogen) atoms. The molecular formula is C26H26Cl3N3O4S. The molecule has 1 N–H and O–H groups in total. The molecule has 0 aliphatic heterocycles. The van der Waals surface area contributed by atoms with E-state index >= 15 is 0 Å². The number of sulfonamides is 1. The molecule has 0 radical (unpaired) electrons. The lowest BCUT2D eigenvalue weighted by Crippen LogP contribution is -2.51. The Hall–Kier alpha value is -2.78. The van der Waals surface area contributed by atoms with Crippen molar-refractivity contribution >= 4 is 62.3 Å². The highest BCUT2D eigenvalue weighted by Gasteiger charge is 2.34. The maximum Gasteiger partial charge on any atom is 0.264 e. The minimum atomic E-state index is -4.17. The first-order valence-electron chi connectivity index (χ1n) is 11.4. The van der Waals surface area contributed by atoms with Crippen LogP contribution in [0.5, 0.6) is 0 Å². The Morgan fingerprint density at radius 1 is 0.919 bits per heavy atom. The Morgan fingerprint density at radius 2 is 1.54 bits per heavy atom. The van der Waals surface area contributed by atoms with Crippen LogP contribution in [0.4, 0.5) is 5.69 Å². The minimum Gasteiger partial charge on any atom is -0.357 e. The van der Waals surface area contributed by atoms with Crippen molar-refractivity contribution in [1.82, 2.24) is 10.2 Å². The molecule has 3 aromatic carbocycles. The predicted molar refractivity (Wildman–Crippen MR) is 148 cm³/mol. The first-order chi connectivity index (χ1) is 17.6. The number of anilines is 1. The van der Waals surface area contributed by atoms with Gasteiger partial charge >= 0.3 is 0 Å². The highest BCUT2D eigenvalue weighted by Crippen LogP contribution is 2.29. The van der Waals surface area contributed by atoms with Gasteiger partial charge in [-0.15, -0.1) is 0 Å². The molecule has 0 heterocycles. The van der Waals surface area contributed by atoms with Crippen LogP contribution in [0.25, 0.3) is 0 Å². The standard InChI is InChI=1S/C26H26Cl3N3O4S/c1-3-24(26(34)30-2)31(16-21-22(28)13-8-14-23(21)29)25(33)17-32(19-10-7-9-18(27)15-19)37(35,36)20-11-5-4-6-12-20/h4-15,24H,3,16-17H2,1-2H3,(H,30,34)/t24-/m0/s1. The van der Waals surface area contributed by atoms with Gasteiger partial charge in [0.25, 0.3) is 10.0 Å². The highest BCUT2D eigenvalue weighted by atomic mass is 35.5. The van der Waals surface area contributed by atoms with E-state index in [1.54, 1.807) is 61.5 Å². The van der Waals surface area contributed by atoms with Gasteiger partial charge in [0.2, 0.25) is 11.8 Å². The zero-order chi connectivity index (χ0) is 27.2. The second-order valence-corrected chi connectivity index (χ2v) is 11.2. The summed E-state index contributed by atoms with van der Waals surface area (Å²) in [5.41, 5.74) is 0.648. The first-order valence-corrected chi connectivity index (χ1v) is 13.9. The number of carbonyl (C=O) groups is 2. The molecule has 0 fully saturated rings. The third-order valence-corrected chi connectivity index (χ3v) is 8.46. The largest absolute Gasteiger partial charge is 0.357 e. The maximum atomic E-state index is 13.9. The van der Waals surface area contributed by atoms with E-state index in [9.17, 15) is 18.0 Å². The normalized spacial score (nSPS) is 12.0. The molecule has 0 bridgehead atoms. The Labute approximate surface area is 232 Å². The molecule has 0 unspecified atom stereocenters. The van der Waals surface area contributed by atoms with Crippen molar-refractivity contribution in [3.63, 3.8) is 0 Å². The Bertz CT molecular complexity index is 1350. The van der Waals surface area contributed by atoms with Crippen LogP contribution in [0.15, 0.2) is 77.7 Å². The summed E-state index contributed by atoms with van der Waals surface area (Å²) < 4.78 is 28.4. The lowest BCUT2D eigenvalue weighted by atomic mass is 10.1. The van der Waals surface area contributed by atoms with Crippen LogP contribution in [0.1, 0.15) is 18.9 Å². The lowest BCUT2D eigenvalue weighted by molar-refractivity contribution is -0.140. The fraction of sp³-hybridized carbons (Fsp3) is 0.231. The zero-order valence-corrected chi connectivity index (χ0v) is 23.3. The van der Waals surface area contributed by atoms with Crippen molar-refractivity contribution < 1.29 is 18.0 Å². The molecule has 0 saturated carbocycles. The second-order valence-electron chi connectivity index (χ2n) is 8.06. The van der Waals surface area contributed by atoms with Crippen LogP contribution in [0, 0.1) is 0 Å². The van der Waals surface area contributed by atoms with Gasteiger partial charge in [-0.1, -0.05) is 72.1 Å². The van der Waals surface area contributed by atoms with E-state index < -0.39 is 34.4 Å². The van der Waals surface area contributed by atoms with E-state index in [1.807, 2.05) is 0 Å². The smallest absolute Gasteiger partial charge is 0.264 e. The van der Waals surface area contributed by atoms with Gasteiger partial charge < -0.3 is 10.2 Å². The maximum absolute atomic E-state index is 13.9. The van der Waals surface area contributed by atoms with Crippen LogP contribution < -0.4 is 9.62 Å². The number of likely N-dealkylation sites (N-methyl/N-ethyl adjacent to an activating group) is 1. The van der Waals surface area contributed by atoms with E-state index in [2.05, 4.69) is 5.32 Å². The van der Waals surface area contributed by atoms with E-state index in [0.717, 1.165) is 4.31 Å². The third-order valence-electron chi connectivity index (χ3n) is 5.73. The average Bonchev–Trinajstić information content (AvgIpc) is 2.88. The minimum absolute atomic E-state index is 0.00168. The average molecular weight is 583 g/mol. The Kier molecular flexibility index (Phi) is 9.84. The summed E-state index contributed by atoms with van der Waals surface area (Å²) >= 11 is 18.9. The Balaban J connectivity index is 2.09. The molecule has 0 aliphatic rings. The van der Waals surface area contributed by atoms with Crippen molar-refractivity contribution in [1.29, 1.82) is 0 Å². The number of amides is 2. The predicted octanol–water partition coefficient (Wildman–Crippen LogP) is 5.40. The summed E-state index contributed by atoms with van der Waals surface area (Å²) in [5, 5.41) is 3.51. The third kappa shape index (κ3) is 6.76. The monoisotopic (exact) mass is 581 g/mol. The van der Waals surface area contributed by atoms with Gasteiger partial charge in [0.15, 0.2) is 0 Å². The van der Waals surface area contributed by atoms with Crippen molar-refractivity contribution in [3.8, 4) is 0 Å². The number of hydrogen-bond acceptors (Lipinski definition) is 4. The molecular weight excluding hydrogens is 557 g/mol. The zero-order valence-electron chi connectivity index (χ0n) is 20.2. The molecule has 196 valence electrons. The number of nitrogens with zero attached hydrogens (tertiary/aromatic N) is 2. The van der Waals surface area contributed by atoms with E-state index in [4.69, 9.17) is 34.8 Å². The molecule has 11 heteroatoms. The fourth-order valence-corrected chi connectivity index (χ4v) is 5.95.